The first-order chi connectivity index (χ1) is 7.58. The number of aryl methyl sites for hydroxylation is 1. The Kier molecular flexibility index (Phi) is 2.66. The minimum absolute atomic E-state index is 0.0978. The van der Waals surface area contributed by atoms with E-state index in [2.05, 4.69) is 10.2 Å². The highest BCUT2D eigenvalue weighted by molar-refractivity contribution is 7.87. The molecule has 0 aliphatic rings. The van der Waals surface area contributed by atoms with Crippen LogP contribution in [0.15, 0.2) is 41.4 Å². The van der Waals surface area contributed by atoms with E-state index in [-0.39, 0.29) is 10.8 Å². The third-order valence-corrected chi connectivity index (χ3v) is 3.23. The van der Waals surface area contributed by atoms with Gasteiger partial charge in [0.2, 0.25) is 5.88 Å². The Morgan fingerprint density at radius 2 is 1.88 bits per heavy atom. The lowest BCUT2D eigenvalue weighted by atomic mass is 10.2. The smallest absolute Gasteiger partial charge is 0.340 e. The summed E-state index contributed by atoms with van der Waals surface area (Å²) in [5, 5.41) is 6.02. The van der Waals surface area contributed by atoms with Gasteiger partial charge in [0.05, 0.1) is 6.20 Å². The van der Waals surface area contributed by atoms with Crippen molar-refractivity contribution in [1.82, 2.24) is 10.2 Å². The number of H-pyrrole nitrogens is 1. The molecule has 0 bridgehead atoms. The first kappa shape index (κ1) is 10.7. The Morgan fingerprint density at radius 1 is 1.19 bits per heavy atom. The van der Waals surface area contributed by atoms with Crippen molar-refractivity contribution < 1.29 is 12.6 Å². The summed E-state index contributed by atoms with van der Waals surface area (Å²) in [5.74, 6) is 0.0978. The van der Waals surface area contributed by atoms with Crippen LogP contribution in [0.25, 0.3) is 0 Å². The molecule has 1 heterocycles. The number of nitrogens with zero attached hydrogens (tertiary/aromatic N) is 1. The topological polar surface area (TPSA) is 72.1 Å². The number of hydrogen-bond donors (Lipinski definition) is 1. The van der Waals surface area contributed by atoms with Crippen molar-refractivity contribution in [3.8, 4) is 5.88 Å². The maximum atomic E-state index is 11.7. The zero-order valence-electron chi connectivity index (χ0n) is 8.54. The van der Waals surface area contributed by atoms with Crippen molar-refractivity contribution >= 4 is 10.1 Å². The van der Waals surface area contributed by atoms with Gasteiger partial charge in [-0.3, -0.25) is 0 Å². The van der Waals surface area contributed by atoms with Gasteiger partial charge in [-0.15, -0.1) is 0 Å². The highest BCUT2D eigenvalue weighted by Crippen LogP contribution is 2.16. The third kappa shape index (κ3) is 2.22. The van der Waals surface area contributed by atoms with E-state index in [1.54, 1.807) is 12.1 Å². The molecular weight excluding hydrogens is 228 g/mol. The van der Waals surface area contributed by atoms with Crippen molar-refractivity contribution in [3.63, 3.8) is 0 Å². The molecule has 2 rings (SSSR count). The second-order valence-corrected chi connectivity index (χ2v) is 4.82. The first-order valence-electron chi connectivity index (χ1n) is 4.58. The van der Waals surface area contributed by atoms with Gasteiger partial charge >= 0.3 is 10.1 Å². The summed E-state index contributed by atoms with van der Waals surface area (Å²) < 4.78 is 28.3. The van der Waals surface area contributed by atoms with E-state index < -0.39 is 10.1 Å². The van der Waals surface area contributed by atoms with Crippen molar-refractivity contribution in [2.75, 3.05) is 0 Å². The van der Waals surface area contributed by atoms with Gasteiger partial charge in [0.25, 0.3) is 0 Å². The molecule has 1 aromatic heterocycles. The zero-order valence-corrected chi connectivity index (χ0v) is 9.36. The summed E-state index contributed by atoms with van der Waals surface area (Å²) in [6, 6.07) is 7.86. The molecule has 0 amide bonds. The van der Waals surface area contributed by atoms with Gasteiger partial charge in [-0.2, -0.15) is 13.5 Å². The van der Waals surface area contributed by atoms with Crippen LogP contribution < -0.4 is 4.18 Å². The molecule has 84 valence electrons. The van der Waals surface area contributed by atoms with Crippen LogP contribution in [0.2, 0.25) is 0 Å². The van der Waals surface area contributed by atoms with Crippen molar-refractivity contribution in [2.24, 2.45) is 0 Å². The Balaban J connectivity index is 2.29. The lowest BCUT2D eigenvalue weighted by molar-refractivity contribution is 0.475. The van der Waals surface area contributed by atoms with Crippen LogP contribution in [0.5, 0.6) is 5.88 Å². The molecular formula is C10H10N2O3S. The van der Waals surface area contributed by atoms with Crippen molar-refractivity contribution in [3.05, 3.63) is 42.1 Å². The maximum Gasteiger partial charge on any atom is 0.340 e. The molecule has 0 radical (unpaired) electrons. The first-order valence-corrected chi connectivity index (χ1v) is 5.99. The van der Waals surface area contributed by atoms with Gasteiger partial charge in [-0.25, -0.2) is 5.10 Å². The Hall–Kier alpha value is -1.82. The van der Waals surface area contributed by atoms with Gasteiger partial charge in [-0.1, -0.05) is 17.7 Å². The van der Waals surface area contributed by atoms with E-state index in [4.69, 9.17) is 4.18 Å². The predicted octanol–water partition coefficient (Wildman–Crippen LogP) is 1.49. The van der Waals surface area contributed by atoms with Crippen LogP contribution in [0.4, 0.5) is 0 Å². The fourth-order valence-electron chi connectivity index (χ4n) is 1.16. The molecule has 0 saturated carbocycles. The van der Waals surface area contributed by atoms with Crippen LogP contribution in [0, 0.1) is 6.92 Å². The van der Waals surface area contributed by atoms with E-state index in [1.807, 2.05) is 6.92 Å². The fourth-order valence-corrected chi connectivity index (χ4v) is 2.06. The van der Waals surface area contributed by atoms with Gasteiger partial charge in [0.15, 0.2) is 0 Å². The van der Waals surface area contributed by atoms with Gasteiger partial charge in [-0.05, 0) is 19.1 Å². The second kappa shape index (κ2) is 3.97. The summed E-state index contributed by atoms with van der Waals surface area (Å²) >= 11 is 0. The molecule has 16 heavy (non-hydrogen) atoms. The van der Waals surface area contributed by atoms with Crippen molar-refractivity contribution in [1.29, 1.82) is 0 Å². The minimum Gasteiger partial charge on any atom is -0.359 e. The van der Waals surface area contributed by atoms with E-state index in [9.17, 15) is 8.42 Å². The number of hydrogen-bond acceptors (Lipinski definition) is 4. The number of nitrogens with one attached hydrogen (secondary N) is 1. The number of aromatic amines is 1. The number of rotatable bonds is 3. The highest BCUT2D eigenvalue weighted by Gasteiger charge is 2.16. The lowest BCUT2D eigenvalue weighted by Gasteiger charge is -2.04. The molecule has 0 spiro atoms. The zero-order chi connectivity index (χ0) is 11.6. The number of benzene rings is 1. The van der Waals surface area contributed by atoms with Crippen LogP contribution in [-0.4, -0.2) is 18.6 Å². The second-order valence-electron chi connectivity index (χ2n) is 3.27. The molecule has 0 unspecified atom stereocenters. The van der Waals surface area contributed by atoms with E-state index in [0.29, 0.717) is 0 Å². The average molecular weight is 238 g/mol. The predicted molar refractivity (Wildman–Crippen MR) is 57.6 cm³/mol. The molecule has 6 heteroatoms. The Labute approximate surface area is 93.2 Å². The third-order valence-electron chi connectivity index (χ3n) is 1.98. The van der Waals surface area contributed by atoms with E-state index >= 15 is 0 Å². The monoisotopic (exact) mass is 238 g/mol. The standard InChI is InChI=1S/C10H10N2O3S/c1-8-2-4-9(5-3-8)16(13,14)15-10-6-7-11-12-10/h2-7H,1H3,(H,11,12). The van der Waals surface area contributed by atoms with Crippen LogP contribution >= 0.6 is 0 Å². The average Bonchev–Trinajstić information content (AvgIpc) is 2.70. The van der Waals surface area contributed by atoms with E-state index in [1.165, 1.54) is 24.4 Å². The molecule has 0 atom stereocenters. The molecule has 0 aliphatic heterocycles. The van der Waals surface area contributed by atoms with Crippen LogP contribution in [0.3, 0.4) is 0 Å². The summed E-state index contributed by atoms with van der Waals surface area (Å²) in [6.07, 6.45) is 1.42. The lowest BCUT2D eigenvalue weighted by Crippen LogP contribution is -2.09. The summed E-state index contributed by atoms with van der Waals surface area (Å²) in [4.78, 5) is 0.118. The van der Waals surface area contributed by atoms with Crippen molar-refractivity contribution in [2.45, 2.75) is 11.8 Å². The summed E-state index contributed by atoms with van der Waals surface area (Å²) in [6.45, 7) is 1.88. The molecule has 1 N–H and O–H groups in total. The van der Waals surface area contributed by atoms with E-state index in [0.717, 1.165) is 5.56 Å². The van der Waals surface area contributed by atoms with Gasteiger partial charge in [0, 0.05) is 6.07 Å². The Bertz CT molecular complexity index is 559. The normalized spacial score (nSPS) is 11.3. The largest absolute Gasteiger partial charge is 0.359 e. The maximum absolute atomic E-state index is 11.7. The summed E-state index contributed by atoms with van der Waals surface area (Å²) in [7, 11) is -3.77. The number of aromatic nitrogens is 2. The molecule has 2 aromatic rings. The quantitative estimate of drug-likeness (QED) is 0.822. The molecule has 5 nitrogen and oxygen atoms in total. The van der Waals surface area contributed by atoms with Gasteiger partial charge < -0.3 is 4.18 Å². The molecule has 1 aromatic carbocycles. The SMILES string of the molecule is Cc1ccc(S(=O)(=O)Oc2ccn[nH]2)cc1. The molecule has 0 aliphatic carbocycles. The Morgan fingerprint density at radius 3 is 2.44 bits per heavy atom. The fraction of sp³-hybridized carbons (Fsp3) is 0.100. The minimum atomic E-state index is -3.77. The highest BCUT2D eigenvalue weighted by atomic mass is 32.2. The molecule has 0 fully saturated rings. The van der Waals surface area contributed by atoms with Crippen LogP contribution in [0.1, 0.15) is 5.56 Å². The van der Waals surface area contributed by atoms with Gasteiger partial charge in [0.1, 0.15) is 4.90 Å². The summed E-state index contributed by atoms with van der Waals surface area (Å²) in [5.41, 5.74) is 0.987. The molecule has 0 saturated heterocycles. The van der Waals surface area contributed by atoms with Crippen LogP contribution in [-0.2, 0) is 10.1 Å².